The van der Waals surface area contributed by atoms with Gasteiger partial charge >= 0.3 is 6.18 Å². The van der Waals surface area contributed by atoms with Gasteiger partial charge in [-0.1, -0.05) is 26.8 Å². The fraction of sp³-hybridized carbons (Fsp3) is 0.885. The number of rotatable bonds is 3. The Bertz CT molecular complexity index is 775. The Balaban J connectivity index is 1.54. The first-order chi connectivity index (χ1) is 14.7. The van der Waals surface area contributed by atoms with Gasteiger partial charge in [-0.05, 0) is 97.9 Å². The number of halogens is 3. The number of hydrogen-bond donors (Lipinski definition) is 2. The van der Waals surface area contributed by atoms with E-state index in [1.807, 2.05) is 6.92 Å². The van der Waals surface area contributed by atoms with Crippen LogP contribution in [-0.2, 0) is 4.79 Å². The molecule has 6 heteroatoms. The maximum Gasteiger partial charge on any atom is 0.420 e. The van der Waals surface area contributed by atoms with Crippen molar-refractivity contribution < 1.29 is 28.2 Å². The first kappa shape index (κ1) is 24.3. The van der Waals surface area contributed by atoms with Gasteiger partial charge in [-0.25, -0.2) is 0 Å². The van der Waals surface area contributed by atoms with Gasteiger partial charge in [0, 0.05) is 12.8 Å². The fourth-order valence-electron chi connectivity index (χ4n) is 8.56. The normalized spacial score (nSPS) is 47.5. The van der Waals surface area contributed by atoms with E-state index in [1.165, 1.54) is 0 Å². The van der Waals surface area contributed by atoms with Crippen LogP contribution in [0.1, 0.15) is 79.1 Å². The number of Topliss-reactive ketones (excluding diaryl/α,β-unsaturated/α-hetero) is 1. The van der Waals surface area contributed by atoms with Crippen molar-refractivity contribution in [3.05, 3.63) is 12.2 Å². The quantitative estimate of drug-likeness (QED) is 0.537. The first-order valence-electron chi connectivity index (χ1n) is 12.4. The van der Waals surface area contributed by atoms with Gasteiger partial charge in [0.15, 0.2) is 5.60 Å². The standard InChI is InChI=1S/C26H39F3O3/c1-15(7-12-25(4,32)26(27,28)29)18-5-6-19-17-14-22(31)21-13-16(30)8-10-24(21,3)20(17)9-11-23(18,19)2/h7,12,15,17-22,31-32H,5-6,8-11,13-14H2,1-4H3/b12-7+/t15?,17?,18?,19?,20?,21-,22-,23?,24?,25?/m0/s1. The molecule has 2 N–H and O–H groups in total. The molecule has 0 heterocycles. The summed E-state index contributed by atoms with van der Waals surface area (Å²) in [4.78, 5) is 12.1. The molecular formula is C26H39F3O3. The van der Waals surface area contributed by atoms with E-state index in [0.29, 0.717) is 30.6 Å². The topological polar surface area (TPSA) is 57.5 Å². The average molecular weight is 457 g/mol. The summed E-state index contributed by atoms with van der Waals surface area (Å²) in [5.74, 6) is 1.94. The number of carbonyl (C=O) groups excluding carboxylic acids is 1. The van der Waals surface area contributed by atoms with Gasteiger partial charge in [0.25, 0.3) is 0 Å². The molecule has 0 amide bonds. The van der Waals surface area contributed by atoms with Crippen LogP contribution in [0.2, 0.25) is 0 Å². The highest BCUT2D eigenvalue weighted by atomic mass is 19.4. The SMILES string of the molecule is CC(/C=C/C(C)(O)C(F)(F)F)C1CCC2C3C[C@H](O)[C@@H]4CC(=O)CCC4(C)C3CCC12C. The molecule has 8 unspecified atom stereocenters. The zero-order chi connectivity index (χ0) is 23.7. The van der Waals surface area contributed by atoms with Crippen LogP contribution in [0.4, 0.5) is 13.2 Å². The Hall–Kier alpha value is -0.880. The van der Waals surface area contributed by atoms with E-state index in [2.05, 4.69) is 13.8 Å². The third-order valence-corrected chi connectivity index (χ3v) is 10.5. The summed E-state index contributed by atoms with van der Waals surface area (Å²) in [6.45, 7) is 7.38. The number of fused-ring (bicyclic) bond motifs is 5. The lowest BCUT2D eigenvalue weighted by atomic mass is 9.44. The molecule has 3 nitrogen and oxygen atoms in total. The van der Waals surface area contributed by atoms with E-state index >= 15 is 0 Å². The number of ketones is 1. The van der Waals surface area contributed by atoms with Crippen molar-refractivity contribution in [3.8, 4) is 0 Å². The maximum absolute atomic E-state index is 13.1. The molecule has 4 aliphatic rings. The minimum atomic E-state index is -4.69. The van der Waals surface area contributed by atoms with Crippen molar-refractivity contribution in [2.45, 2.75) is 96.9 Å². The molecule has 0 saturated heterocycles. The Kier molecular flexibility index (Phi) is 5.93. The van der Waals surface area contributed by atoms with Crippen molar-refractivity contribution >= 4 is 5.78 Å². The summed E-state index contributed by atoms with van der Waals surface area (Å²) >= 11 is 0. The molecule has 4 saturated carbocycles. The number of alkyl halides is 3. The van der Waals surface area contributed by atoms with Gasteiger partial charge in [0.05, 0.1) is 6.10 Å². The summed E-state index contributed by atoms with van der Waals surface area (Å²) < 4.78 is 39.2. The summed E-state index contributed by atoms with van der Waals surface area (Å²) in [7, 11) is 0. The van der Waals surface area contributed by atoms with Crippen LogP contribution in [0, 0.1) is 46.3 Å². The first-order valence-corrected chi connectivity index (χ1v) is 12.4. The van der Waals surface area contributed by atoms with Crippen LogP contribution in [-0.4, -0.2) is 33.9 Å². The van der Waals surface area contributed by atoms with E-state index in [0.717, 1.165) is 51.5 Å². The molecule has 0 aromatic carbocycles. The smallest absolute Gasteiger partial charge is 0.393 e. The summed E-state index contributed by atoms with van der Waals surface area (Å²) in [6, 6.07) is 0. The largest absolute Gasteiger partial charge is 0.420 e. The number of hydrogen-bond acceptors (Lipinski definition) is 3. The average Bonchev–Trinajstić information content (AvgIpc) is 3.04. The van der Waals surface area contributed by atoms with Crippen molar-refractivity contribution in [2.24, 2.45) is 46.3 Å². The maximum atomic E-state index is 13.1. The third-order valence-electron chi connectivity index (χ3n) is 10.5. The molecule has 10 atom stereocenters. The van der Waals surface area contributed by atoms with Gasteiger partial charge in [0.2, 0.25) is 0 Å². The molecular weight excluding hydrogens is 417 g/mol. The van der Waals surface area contributed by atoms with Gasteiger partial charge in [0.1, 0.15) is 5.78 Å². The monoisotopic (exact) mass is 456 g/mol. The van der Waals surface area contributed by atoms with E-state index in [4.69, 9.17) is 0 Å². The highest BCUT2D eigenvalue weighted by molar-refractivity contribution is 5.79. The molecule has 4 rings (SSSR count). The van der Waals surface area contributed by atoms with E-state index in [1.54, 1.807) is 6.08 Å². The van der Waals surface area contributed by atoms with Crippen LogP contribution in [0.5, 0.6) is 0 Å². The van der Waals surface area contributed by atoms with Crippen molar-refractivity contribution in [1.82, 2.24) is 0 Å². The van der Waals surface area contributed by atoms with Gasteiger partial charge < -0.3 is 10.2 Å². The molecule has 0 aromatic heterocycles. The van der Waals surface area contributed by atoms with Crippen molar-refractivity contribution in [2.75, 3.05) is 0 Å². The minimum absolute atomic E-state index is 0.00654. The minimum Gasteiger partial charge on any atom is -0.393 e. The second kappa shape index (κ2) is 7.83. The Morgan fingerprint density at radius 3 is 2.38 bits per heavy atom. The zero-order valence-corrected chi connectivity index (χ0v) is 19.8. The van der Waals surface area contributed by atoms with Gasteiger partial charge in [-0.3, -0.25) is 4.79 Å². The highest BCUT2D eigenvalue weighted by Gasteiger charge is 2.62. The van der Waals surface area contributed by atoms with Crippen LogP contribution in [0.3, 0.4) is 0 Å². The van der Waals surface area contributed by atoms with E-state index in [-0.39, 0.29) is 34.4 Å². The lowest BCUT2D eigenvalue weighted by molar-refractivity contribution is -0.232. The third kappa shape index (κ3) is 3.68. The Labute approximate surface area is 189 Å². The lowest BCUT2D eigenvalue weighted by Crippen LogP contribution is -2.58. The molecule has 0 spiro atoms. The van der Waals surface area contributed by atoms with E-state index in [9.17, 15) is 28.2 Å². The number of aliphatic hydroxyl groups is 2. The fourth-order valence-corrected chi connectivity index (χ4v) is 8.56. The predicted molar refractivity (Wildman–Crippen MR) is 117 cm³/mol. The number of allylic oxidation sites excluding steroid dienone is 1. The molecule has 4 fully saturated rings. The van der Waals surface area contributed by atoms with Crippen LogP contribution >= 0.6 is 0 Å². The van der Waals surface area contributed by atoms with Gasteiger partial charge in [-0.15, -0.1) is 0 Å². The van der Waals surface area contributed by atoms with Crippen molar-refractivity contribution in [3.63, 3.8) is 0 Å². The predicted octanol–water partition coefficient (Wildman–Crippen LogP) is 5.69. The summed E-state index contributed by atoms with van der Waals surface area (Å²) in [6.07, 6.45) is 4.24. The van der Waals surface area contributed by atoms with Crippen LogP contribution in [0.15, 0.2) is 12.2 Å². The second-order valence-corrected chi connectivity index (χ2v) is 12.1. The molecule has 32 heavy (non-hydrogen) atoms. The van der Waals surface area contributed by atoms with Crippen LogP contribution in [0.25, 0.3) is 0 Å². The molecule has 182 valence electrons. The molecule has 4 aliphatic carbocycles. The molecule has 0 bridgehead atoms. The Morgan fingerprint density at radius 1 is 1.06 bits per heavy atom. The summed E-state index contributed by atoms with van der Waals surface area (Å²) in [5, 5.41) is 20.9. The lowest BCUT2D eigenvalue weighted by Gasteiger charge is -2.61. The molecule has 0 radical (unpaired) electrons. The number of carbonyl (C=O) groups is 1. The van der Waals surface area contributed by atoms with E-state index < -0.39 is 17.9 Å². The van der Waals surface area contributed by atoms with Crippen molar-refractivity contribution in [1.29, 1.82) is 0 Å². The zero-order valence-electron chi connectivity index (χ0n) is 19.8. The van der Waals surface area contributed by atoms with Gasteiger partial charge in [-0.2, -0.15) is 13.2 Å². The second-order valence-electron chi connectivity index (χ2n) is 12.1. The Morgan fingerprint density at radius 2 is 1.72 bits per heavy atom. The van der Waals surface area contributed by atoms with Crippen LogP contribution < -0.4 is 0 Å². The number of aliphatic hydroxyl groups excluding tert-OH is 1. The molecule has 0 aliphatic heterocycles. The summed E-state index contributed by atoms with van der Waals surface area (Å²) in [5.41, 5.74) is -2.78. The highest BCUT2D eigenvalue weighted by Crippen LogP contribution is 2.68. The molecule has 0 aromatic rings.